The number of rotatable bonds is 7. The van der Waals surface area contributed by atoms with E-state index in [4.69, 9.17) is 10.5 Å². The van der Waals surface area contributed by atoms with Crippen molar-refractivity contribution in [2.75, 3.05) is 12.3 Å². The van der Waals surface area contributed by atoms with Gasteiger partial charge in [-0.2, -0.15) is 0 Å². The molecule has 4 heteroatoms. The van der Waals surface area contributed by atoms with Crippen LogP contribution in [0.4, 0.5) is 5.69 Å². The Hall–Kier alpha value is -1.71. The van der Waals surface area contributed by atoms with E-state index in [-0.39, 0.29) is 11.9 Å². The van der Waals surface area contributed by atoms with E-state index in [1.54, 1.807) is 12.1 Å². The molecule has 0 bridgehead atoms. The van der Waals surface area contributed by atoms with Crippen molar-refractivity contribution in [3.8, 4) is 5.75 Å². The van der Waals surface area contributed by atoms with Crippen LogP contribution in [0.3, 0.4) is 0 Å². The van der Waals surface area contributed by atoms with Gasteiger partial charge in [0.25, 0.3) is 0 Å². The minimum Gasteiger partial charge on any atom is -0.493 e. The fourth-order valence-electron chi connectivity index (χ4n) is 1.72. The van der Waals surface area contributed by atoms with E-state index in [2.05, 4.69) is 12.2 Å². The second-order valence-electron chi connectivity index (χ2n) is 4.43. The average Bonchev–Trinajstić information content (AvgIpc) is 2.29. The molecule has 100 valence electrons. The lowest BCUT2D eigenvalue weighted by Gasteiger charge is -2.13. The molecule has 0 aliphatic rings. The minimum atomic E-state index is 0.0276. The fourth-order valence-corrected chi connectivity index (χ4v) is 1.72. The van der Waals surface area contributed by atoms with E-state index in [1.807, 2.05) is 19.1 Å². The normalized spacial score (nSPS) is 11.9. The van der Waals surface area contributed by atoms with E-state index < -0.39 is 0 Å². The number of benzene rings is 1. The highest BCUT2D eigenvalue weighted by Gasteiger charge is 2.06. The van der Waals surface area contributed by atoms with E-state index in [9.17, 15) is 4.79 Å². The molecule has 1 amide bonds. The first-order chi connectivity index (χ1) is 8.61. The smallest absolute Gasteiger partial charge is 0.223 e. The highest BCUT2D eigenvalue weighted by Crippen LogP contribution is 2.14. The van der Waals surface area contributed by atoms with Gasteiger partial charge in [-0.25, -0.2) is 0 Å². The molecular formula is C14H22N2O2. The van der Waals surface area contributed by atoms with Crippen molar-refractivity contribution < 1.29 is 9.53 Å². The summed E-state index contributed by atoms with van der Waals surface area (Å²) in [5.74, 6) is 0.726. The van der Waals surface area contributed by atoms with Crippen molar-refractivity contribution in [3.05, 3.63) is 24.3 Å². The van der Waals surface area contributed by atoms with Crippen molar-refractivity contribution in [2.45, 2.75) is 39.2 Å². The van der Waals surface area contributed by atoms with Crippen molar-refractivity contribution >= 4 is 11.6 Å². The largest absolute Gasteiger partial charge is 0.493 e. The summed E-state index contributed by atoms with van der Waals surface area (Å²) in [6, 6.07) is 7.43. The average molecular weight is 250 g/mol. The number of nitrogens with two attached hydrogens (primary N) is 1. The van der Waals surface area contributed by atoms with Crippen LogP contribution in [0.5, 0.6) is 5.75 Å². The molecule has 0 aliphatic heterocycles. The molecule has 1 atom stereocenters. The highest BCUT2D eigenvalue weighted by molar-refractivity contribution is 5.76. The van der Waals surface area contributed by atoms with Gasteiger partial charge in [0.15, 0.2) is 0 Å². The number of amides is 1. The van der Waals surface area contributed by atoms with Crippen molar-refractivity contribution in [2.24, 2.45) is 0 Å². The molecule has 0 fully saturated rings. The number of nitrogens with one attached hydrogen (secondary N) is 1. The van der Waals surface area contributed by atoms with Crippen LogP contribution in [-0.2, 0) is 4.79 Å². The molecule has 1 aromatic rings. The summed E-state index contributed by atoms with van der Waals surface area (Å²) in [7, 11) is 0. The Morgan fingerprint density at radius 2 is 2.28 bits per heavy atom. The summed E-state index contributed by atoms with van der Waals surface area (Å²) in [4.78, 5) is 11.6. The molecule has 0 spiro atoms. The number of ether oxygens (including phenoxy) is 1. The van der Waals surface area contributed by atoms with Crippen molar-refractivity contribution in [3.63, 3.8) is 0 Å². The Morgan fingerprint density at radius 3 is 2.94 bits per heavy atom. The Bertz CT molecular complexity index is 380. The van der Waals surface area contributed by atoms with Gasteiger partial charge in [0.1, 0.15) is 5.75 Å². The maximum Gasteiger partial charge on any atom is 0.223 e. The monoisotopic (exact) mass is 250 g/mol. The Labute approximate surface area is 109 Å². The Morgan fingerprint density at radius 1 is 1.50 bits per heavy atom. The van der Waals surface area contributed by atoms with E-state index in [0.29, 0.717) is 24.5 Å². The fraction of sp³-hybridized carbons (Fsp3) is 0.500. The molecule has 0 aliphatic carbocycles. The maximum atomic E-state index is 11.6. The Balaban J connectivity index is 2.23. The van der Waals surface area contributed by atoms with Crippen LogP contribution in [0.2, 0.25) is 0 Å². The molecule has 0 heterocycles. The molecule has 3 N–H and O–H groups in total. The van der Waals surface area contributed by atoms with E-state index >= 15 is 0 Å². The number of carbonyl (C=O) groups is 1. The van der Waals surface area contributed by atoms with E-state index in [1.165, 1.54) is 0 Å². The molecule has 1 unspecified atom stereocenters. The van der Waals surface area contributed by atoms with Gasteiger partial charge >= 0.3 is 0 Å². The van der Waals surface area contributed by atoms with Gasteiger partial charge in [-0.3, -0.25) is 4.79 Å². The van der Waals surface area contributed by atoms with Crippen molar-refractivity contribution in [1.82, 2.24) is 5.32 Å². The Kier molecular flexibility index (Phi) is 6.05. The van der Waals surface area contributed by atoms with Crippen molar-refractivity contribution in [1.29, 1.82) is 0 Å². The van der Waals surface area contributed by atoms with Crippen LogP contribution in [-0.4, -0.2) is 18.6 Å². The molecule has 0 radical (unpaired) electrons. The molecule has 0 saturated heterocycles. The van der Waals surface area contributed by atoms with Gasteiger partial charge in [0.2, 0.25) is 5.91 Å². The van der Waals surface area contributed by atoms with Gasteiger partial charge in [-0.05, 0) is 25.5 Å². The predicted octanol–water partition coefficient (Wildman–Crippen LogP) is 2.34. The first-order valence-electron chi connectivity index (χ1n) is 6.39. The van der Waals surface area contributed by atoms with Crippen LogP contribution in [0, 0.1) is 0 Å². The molecule has 0 aromatic heterocycles. The zero-order chi connectivity index (χ0) is 13.4. The third kappa shape index (κ3) is 5.57. The number of hydrogen-bond donors (Lipinski definition) is 2. The zero-order valence-corrected chi connectivity index (χ0v) is 11.1. The van der Waals surface area contributed by atoms with E-state index in [0.717, 1.165) is 12.8 Å². The van der Waals surface area contributed by atoms with Gasteiger partial charge < -0.3 is 15.8 Å². The third-order valence-corrected chi connectivity index (χ3v) is 2.59. The number of hydrogen-bond acceptors (Lipinski definition) is 3. The molecule has 1 rings (SSSR count). The van der Waals surface area contributed by atoms with Crippen LogP contribution in [0.25, 0.3) is 0 Å². The lowest BCUT2D eigenvalue weighted by molar-refractivity contribution is -0.122. The first kappa shape index (κ1) is 14.4. The number of anilines is 1. The summed E-state index contributed by atoms with van der Waals surface area (Å²) in [6.07, 6.45) is 2.44. The second-order valence-corrected chi connectivity index (χ2v) is 4.43. The summed E-state index contributed by atoms with van der Waals surface area (Å²) in [6.45, 7) is 4.49. The summed E-state index contributed by atoms with van der Waals surface area (Å²) in [5.41, 5.74) is 6.29. The summed E-state index contributed by atoms with van der Waals surface area (Å²) >= 11 is 0. The van der Waals surface area contributed by atoms with Gasteiger partial charge in [-0.1, -0.05) is 19.4 Å². The topological polar surface area (TPSA) is 64.3 Å². The zero-order valence-electron chi connectivity index (χ0n) is 11.1. The maximum absolute atomic E-state index is 11.6. The van der Waals surface area contributed by atoms with Gasteiger partial charge in [0.05, 0.1) is 13.0 Å². The molecular weight excluding hydrogens is 228 g/mol. The first-order valence-corrected chi connectivity index (χ1v) is 6.39. The number of nitrogen functional groups attached to an aromatic ring is 1. The molecule has 1 aromatic carbocycles. The summed E-state index contributed by atoms with van der Waals surface area (Å²) in [5, 5.41) is 2.93. The van der Waals surface area contributed by atoms with Crippen LogP contribution < -0.4 is 15.8 Å². The lowest BCUT2D eigenvalue weighted by atomic mass is 10.2. The molecule has 0 saturated carbocycles. The van der Waals surface area contributed by atoms with Gasteiger partial charge in [-0.15, -0.1) is 0 Å². The van der Waals surface area contributed by atoms with Crippen LogP contribution in [0.1, 0.15) is 33.1 Å². The molecule has 4 nitrogen and oxygen atoms in total. The summed E-state index contributed by atoms with van der Waals surface area (Å²) < 4.78 is 5.46. The van der Waals surface area contributed by atoms with Crippen LogP contribution in [0.15, 0.2) is 24.3 Å². The predicted molar refractivity (Wildman–Crippen MR) is 73.5 cm³/mol. The quantitative estimate of drug-likeness (QED) is 0.730. The second kappa shape index (κ2) is 7.58. The molecule has 18 heavy (non-hydrogen) atoms. The highest BCUT2D eigenvalue weighted by atomic mass is 16.5. The van der Waals surface area contributed by atoms with Crippen LogP contribution >= 0.6 is 0 Å². The standard InChI is InChI=1S/C14H22N2O2/c1-3-5-11(2)16-14(17)8-9-18-13-7-4-6-12(15)10-13/h4,6-7,10-11H,3,5,8-9,15H2,1-2H3,(H,16,17). The third-order valence-electron chi connectivity index (χ3n) is 2.59. The minimum absolute atomic E-state index is 0.0276. The SMILES string of the molecule is CCCC(C)NC(=O)CCOc1cccc(N)c1. The van der Waals surface area contributed by atoms with Gasteiger partial charge in [0, 0.05) is 17.8 Å². The lowest BCUT2D eigenvalue weighted by Crippen LogP contribution is -2.33. The number of carbonyl (C=O) groups excluding carboxylic acids is 1.